The van der Waals surface area contributed by atoms with Crippen LogP contribution in [0, 0.1) is 0 Å². The molecule has 112 valence electrons. The second-order valence-electron chi connectivity index (χ2n) is 5.73. The number of anilines is 1. The molecule has 3 rings (SSSR count). The molecule has 0 aliphatic heterocycles. The maximum absolute atomic E-state index is 9.99. The van der Waals surface area contributed by atoms with Crippen molar-refractivity contribution >= 4 is 16.7 Å². The molecular weight excluding hydrogens is 264 g/mol. The van der Waals surface area contributed by atoms with Gasteiger partial charge in [-0.3, -0.25) is 0 Å². The number of hydrogen-bond donors (Lipinski definition) is 2. The van der Waals surface area contributed by atoms with Crippen molar-refractivity contribution in [1.82, 2.24) is 4.98 Å². The molecular formula is C17H22N2O2. The van der Waals surface area contributed by atoms with E-state index in [9.17, 15) is 10.2 Å². The summed E-state index contributed by atoms with van der Waals surface area (Å²) in [5.74, 6) is 1.06. The molecule has 0 spiro atoms. The van der Waals surface area contributed by atoms with Crippen molar-refractivity contribution in [3.8, 4) is 5.75 Å². The molecule has 1 fully saturated rings. The number of aromatic hydroxyl groups is 1. The Bertz CT molecular complexity index is 609. The molecule has 2 N–H and O–H groups in total. The maximum atomic E-state index is 9.99. The molecule has 1 aliphatic rings. The average Bonchev–Trinajstić information content (AvgIpc) is 2.54. The Labute approximate surface area is 125 Å². The van der Waals surface area contributed by atoms with Crippen molar-refractivity contribution in [2.45, 2.75) is 38.1 Å². The van der Waals surface area contributed by atoms with E-state index in [1.807, 2.05) is 24.3 Å². The van der Waals surface area contributed by atoms with Crippen LogP contribution in [0.5, 0.6) is 5.75 Å². The molecule has 0 bridgehead atoms. The van der Waals surface area contributed by atoms with Gasteiger partial charge in [-0.15, -0.1) is 0 Å². The van der Waals surface area contributed by atoms with E-state index in [4.69, 9.17) is 0 Å². The van der Waals surface area contributed by atoms with Gasteiger partial charge in [-0.1, -0.05) is 31.4 Å². The maximum Gasteiger partial charge on any atom is 0.141 e. The van der Waals surface area contributed by atoms with Crippen LogP contribution in [-0.4, -0.2) is 34.4 Å². The highest BCUT2D eigenvalue weighted by Gasteiger charge is 2.22. The zero-order valence-corrected chi connectivity index (χ0v) is 12.2. The minimum Gasteiger partial charge on any atom is -0.506 e. The lowest BCUT2D eigenvalue weighted by atomic mass is 9.94. The summed E-state index contributed by atoms with van der Waals surface area (Å²) in [6.07, 6.45) is 6.09. The van der Waals surface area contributed by atoms with Gasteiger partial charge in [0.2, 0.25) is 0 Å². The molecule has 0 amide bonds. The quantitative estimate of drug-likeness (QED) is 0.907. The SMILES string of the molecule is OCCN(c1ccc2cccc(O)c2n1)C1CCCCC1. The molecule has 4 heteroatoms. The number of phenolic OH excluding ortho intramolecular Hbond substituents is 1. The first kappa shape index (κ1) is 14.1. The predicted octanol–water partition coefficient (Wildman–Crippen LogP) is 3.07. The van der Waals surface area contributed by atoms with Crippen LogP contribution < -0.4 is 4.90 Å². The van der Waals surface area contributed by atoms with E-state index in [0.717, 1.165) is 24.0 Å². The number of pyridine rings is 1. The standard InChI is InChI=1S/C17H22N2O2/c20-12-11-19(14-6-2-1-3-7-14)16-10-9-13-5-4-8-15(21)17(13)18-16/h4-5,8-10,14,20-21H,1-3,6-7,11-12H2. The highest BCUT2D eigenvalue weighted by atomic mass is 16.3. The fourth-order valence-corrected chi connectivity index (χ4v) is 3.27. The van der Waals surface area contributed by atoms with Gasteiger partial charge in [-0.2, -0.15) is 0 Å². The third-order valence-corrected chi connectivity index (χ3v) is 4.33. The molecule has 0 unspecified atom stereocenters. The Morgan fingerprint density at radius 2 is 1.90 bits per heavy atom. The summed E-state index contributed by atoms with van der Waals surface area (Å²) in [5, 5.41) is 20.3. The van der Waals surface area contributed by atoms with Crippen LogP contribution in [0.25, 0.3) is 10.9 Å². The molecule has 4 nitrogen and oxygen atoms in total. The number of phenols is 1. The van der Waals surface area contributed by atoms with Gasteiger partial charge in [-0.25, -0.2) is 4.98 Å². The number of aromatic nitrogens is 1. The third kappa shape index (κ3) is 2.95. The molecule has 1 aromatic heterocycles. The minimum absolute atomic E-state index is 0.122. The van der Waals surface area contributed by atoms with E-state index in [-0.39, 0.29) is 12.4 Å². The highest BCUT2D eigenvalue weighted by molar-refractivity contribution is 5.85. The van der Waals surface area contributed by atoms with Gasteiger partial charge in [0, 0.05) is 18.0 Å². The van der Waals surface area contributed by atoms with Crippen LogP contribution in [0.2, 0.25) is 0 Å². The molecule has 21 heavy (non-hydrogen) atoms. The van der Waals surface area contributed by atoms with Crippen LogP contribution in [0.15, 0.2) is 30.3 Å². The summed E-state index contributed by atoms with van der Waals surface area (Å²) in [5.41, 5.74) is 0.633. The number of aliphatic hydroxyl groups is 1. The number of para-hydroxylation sites is 1. The second kappa shape index (κ2) is 6.31. The van der Waals surface area contributed by atoms with Gasteiger partial charge < -0.3 is 15.1 Å². The summed E-state index contributed by atoms with van der Waals surface area (Å²) in [6, 6.07) is 9.86. The number of nitrogens with zero attached hydrogens (tertiary/aromatic N) is 2. The Morgan fingerprint density at radius 3 is 2.67 bits per heavy atom. The molecule has 0 radical (unpaired) electrons. The van der Waals surface area contributed by atoms with Gasteiger partial charge in [-0.05, 0) is 31.0 Å². The Hall–Kier alpha value is -1.81. The first-order chi connectivity index (χ1) is 10.3. The Kier molecular flexibility index (Phi) is 4.25. The van der Waals surface area contributed by atoms with E-state index in [0.29, 0.717) is 18.1 Å². The zero-order valence-electron chi connectivity index (χ0n) is 12.2. The lowest BCUT2D eigenvalue weighted by Crippen LogP contribution is -2.39. The van der Waals surface area contributed by atoms with Gasteiger partial charge in [0.25, 0.3) is 0 Å². The van der Waals surface area contributed by atoms with Crippen molar-refractivity contribution < 1.29 is 10.2 Å². The molecule has 1 aromatic carbocycles. The largest absolute Gasteiger partial charge is 0.506 e. The summed E-state index contributed by atoms with van der Waals surface area (Å²) >= 11 is 0. The highest BCUT2D eigenvalue weighted by Crippen LogP contribution is 2.29. The average molecular weight is 286 g/mol. The van der Waals surface area contributed by atoms with Crippen LogP contribution >= 0.6 is 0 Å². The molecule has 2 aromatic rings. The zero-order chi connectivity index (χ0) is 14.7. The molecule has 1 saturated carbocycles. The second-order valence-corrected chi connectivity index (χ2v) is 5.73. The van der Waals surface area contributed by atoms with Gasteiger partial charge >= 0.3 is 0 Å². The van der Waals surface area contributed by atoms with Crippen molar-refractivity contribution in [2.75, 3.05) is 18.1 Å². The summed E-state index contributed by atoms with van der Waals surface area (Å²) in [6.45, 7) is 0.716. The minimum atomic E-state index is 0.122. The fraction of sp³-hybridized carbons (Fsp3) is 0.471. The molecule has 0 atom stereocenters. The van der Waals surface area contributed by atoms with Gasteiger partial charge in [0.05, 0.1) is 6.61 Å². The number of fused-ring (bicyclic) bond motifs is 1. The topological polar surface area (TPSA) is 56.6 Å². The first-order valence-corrected chi connectivity index (χ1v) is 7.76. The Morgan fingerprint density at radius 1 is 1.10 bits per heavy atom. The lowest BCUT2D eigenvalue weighted by Gasteiger charge is -2.35. The molecule has 0 saturated heterocycles. The van der Waals surface area contributed by atoms with Crippen LogP contribution in [-0.2, 0) is 0 Å². The summed E-state index contributed by atoms with van der Waals surface area (Å²) < 4.78 is 0. The number of hydrogen-bond acceptors (Lipinski definition) is 4. The number of rotatable bonds is 4. The summed E-state index contributed by atoms with van der Waals surface area (Å²) in [4.78, 5) is 6.83. The van der Waals surface area contributed by atoms with E-state index in [2.05, 4.69) is 9.88 Å². The first-order valence-electron chi connectivity index (χ1n) is 7.76. The van der Waals surface area contributed by atoms with Crippen LogP contribution in [0.4, 0.5) is 5.82 Å². The monoisotopic (exact) mass is 286 g/mol. The van der Waals surface area contributed by atoms with E-state index in [1.165, 1.54) is 19.3 Å². The van der Waals surface area contributed by atoms with Crippen molar-refractivity contribution in [2.24, 2.45) is 0 Å². The fourth-order valence-electron chi connectivity index (χ4n) is 3.27. The van der Waals surface area contributed by atoms with Crippen molar-refractivity contribution in [1.29, 1.82) is 0 Å². The van der Waals surface area contributed by atoms with E-state index >= 15 is 0 Å². The molecule has 1 heterocycles. The van der Waals surface area contributed by atoms with Crippen molar-refractivity contribution in [3.63, 3.8) is 0 Å². The number of benzene rings is 1. The third-order valence-electron chi connectivity index (χ3n) is 4.33. The predicted molar refractivity (Wildman–Crippen MR) is 84.7 cm³/mol. The van der Waals surface area contributed by atoms with Crippen LogP contribution in [0.3, 0.4) is 0 Å². The smallest absolute Gasteiger partial charge is 0.141 e. The van der Waals surface area contributed by atoms with E-state index in [1.54, 1.807) is 6.07 Å². The van der Waals surface area contributed by atoms with Gasteiger partial charge in [0.1, 0.15) is 17.1 Å². The summed E-state index contributed by atoms with van der Waals surface area (Å²) in [7, 11) is 0. The van der Waals surface area contributed by atoms with Crippen LogP contribution in [0.1, 0.15) is 32.1 Å². The lowest BCUT2D eigenvalue weighted by molar-refractivity contribution is 0.289. The normalized spacial score (nSPS) is 16.2. The number of aliphatic hydroxyl groups excluding tert-OH is 1. The van der Waals surface area contributed by atoms with Gasteiger partial charge in [0.15, 0.2) is 0 Å². The molecule has 1 aliphatic carbocycles. The van der Waals surface area contributed by atoms with E-state index < -0.39 is 0 Å². The van der Waals surface area contributed by atoms with Crippen molar-refractivity contribution in [3.05, 3.63) is 30.3 Å². The Balaban J connectivity index is 1.96.